The number of rotatable bonds is 1. The SMILES string of the molecule is COC(=O)[C@H]1CCC2CC(C)CN21. The highest BCUT2D eigenvalue weighted by atomic mass is 16.5. The van der Waals surface area contributed by atoms with Gasteiger partial charge in [0.15, 0.2) is 0 Å². The lowest BCUT2D eigenvalue weighted by molar-refractivity contribution is -0.145. The Kier molecular flexibility index (Phi) is 2.28. The molecular weight excluding hydrogens is 166 g/mol. The zero-order chi connectivity index (χ0) is 9.42. The number of nitrogens with zero attached hydrogens (tertiary/aromatic N) is 1. The van der Waals surface area contributed by atoms with Gasteiger partial charge in [0, 0.05) is 12.6 Å². The second-order valence-corrected chi connectivity index (χ2v) is 4.31. The number of methoxy groups -OCH3 is 1. The molecule has 13 heavy (non-hydrogen) atoms. The molecule has 0 N–H and O–H groups in total. The van der Waals surface area contributed by atoms with E-state index in [4.69, 9.17) is 4.74 Å². The van der Waals surface area contributed by atoms with Gasteiger partial charge in [0.05, 0.1) is 7.11 Å². The summed E-state index contributed by atoms with van der Waals surface area (Å²) in [6.45, 7) is 3.33. The lowest BCUT2D eigenvalue weighted by atomic mass is 10.0. The Morgan fingerprint density at radius 1 is 1.46 bits per heavy atom. The summed E-state index contributed by atoms with van der Waals surface area (Å²) in [5.41, 5.74) is 0. The van der Waals surface area contributed by atoms with Crippen LogP contribution < -0.4 is 0 Å². The van der Waals surface area contributed by atoms with Gasteiger partial charge in [0.1, 0.15) is 6.04 Å². The van der Waals surface area contributed by atoms with Crippen LogP contribution >= 0.6 is 0 Å². The largest absolute Gasteiger partial charge is 0.468 e. The van der Waals surface area contributed by atoms with E-state index in [0.29, 0.717) is 6.04 Å². The van der Waals surface area contributed by atoms with E-state index >= 15 is 0 Å². The van der Waals surface area contributed by atoms with Crippen LogP contribution in [0.2, 0.25) is 0 Å². The summed E-state index contributed by atoms with van der Waals surface area (Å²) in [5, 5.41) is 0. The highest BCUT2D eigenvalue weighted by Crippen LogP contribution is 2.35. The molecule has 2 aliphatic rings. The number of ether oxygens (including phenoxy) is 1. The molecule has 0 aliphatic carbocycles. The van der Waals surface area contributed by atoms with E-state index in [1.54, 1.807) is 0 Å². The van der Waals surface area contributed by atoms with Crippen LogP contribution in [0.25, 0.3) is 0 Å². The summed E-state index contributed by atoms with van der Waals surface area (Å²) < 4.78 is 4.80. The van der Waals surface area contributed by atoms with Crippen molar-refractivity contribution in [3.8, 4) is 0 Å². The van der Waals surface area contributed by atoms with Crippen molar-refractivity contribution < 1.29 is 9.53 Å². The van der Waals surface area contributed by atoms with Crippen molar-refractivity contribution in [1.29, 1.82) is 0 Å². The Morgan fingerprint density at radius 2 is 2.23 bits per heavy atom. The minimum absolute atomic E-state index is 0.0448. The lowest BCUT2D eigenvalue weighted by Crippen LogP contribution is -2.38. The van der Waals surface area contributed by atoms with E-state index in [-0.39, 0.29) is 12.0 Å². The average Bonchev–Trinajstić information content (AvgIpc) is 2.61. The minimum atomic E-state index is -0.0448. The van der Waals surface area contributed by atoms with Crippen molar-refractivity contribution in [2.75, 3.05) is 13.7 Å². The first-order valence-electron chi connectivity index (χ1n) is 5.06. The molecule has 0 bridgehead atoms. The molecule has 0 radical (unpaired) electrons. The monoisotopic (exact) mass is 183 g/mol. The van der Waals surface area contributed by atoms with Crippen molar-refractivity contribution in [1.82, 2.24) is 4.90 Å². The third-order valence-electron chi connectivity index (χ3n) is 3.31. The van der Waals surface area contributed by atoms with Gasteiger partial charge in [0.2, 0.25) is 0 Å². The van der Waals surface area contributed by atoms with Gasteiger partial charge in [-0.1, -0.05) is 6.92 Å². The molecule has 0 aromatic carbocycles. The Bertz CT molecular complexity index is 217. The third-order valence-corrected chi connectivity index (χ3v) is 3.31. The number of fused-ring (bicyclic) bond motifs is 1. The molecule has 3 atom stereocenters. The fourth-order valence-corrected chi connectivity index (χ4v) is 2.75. The van der Waals surface area contributed by atoms with Crippen molar-refractivity contribution in [2.24, 2.45) is 5.92 Å². The molecule has 0 amide bonds. The Morgan fingerprint density at radius 3 is 2.92 bits per heavy atom. The third kappa shape index (κ3) is 1.46. The maximum Gasteiger partial charge on any atom is 0.323 e. The van der Waals surface area contributed by atoms with E-state index in [2.05, 4.69) is 11.8 Å². The van der Waals surface area contributed by atoms with Gasteiger partial charge in [-0.2, -0.15) is 0 Å². The summed E-state index contributed by atoms with van der Waals surface area (Å²) in [7, 11) is 1.48. The Balaban J connectivity index is 2.04. The van der Waals surface area contributed by atoms with E-state index in [1.807, 2.05) is 0 Å². The van der Waals surface area contributed by atoms with Gasteiger partial charge in [-0.3, -0.25) is 9.69 Å². The fraction of sp³-hybridized carbons (Fsp3) is 0.900. The summed E-state index contributed by atoms with van der Waals surface area (Å²) in [6, 6.07) is 0.707. The van der Waals surface area contributed by atoms with E-state index in [9.17, 15) is 4.79 Å². The molecule has 0 aromatic heterocycles. The van der Waals surface area contributed by atoms with Crippen LogP contribution in [0.5, 0.6) is 0 Å². The number of carbonyl (C=O) groups excluding carboxylic acids is 1. The molecule has 0 aromatic rings. The zero-order valence-corrected chi connectivity index (χ0v) is 8.32. The number of hydrogen-bond acceptors (Lipinski definition) is 3. The van der Waals surface area contributed by atoms with Gasteiger partial charge in [-0.25, -0.2) is 0 Å². The molecule has 2 saturated heterocycles. The van der Waals surface area contributed by atoms with Crippen molar-refractivity contribution >= 4 is 5.97 Å². The molecule has 2 aliphatic heterocycles. The quantitative estimate of drug-likeness (QED) is 0.569. The maximum atomic E-state index is 11.4. The molecule has 2 heterocycles. The van der Waals surface area contributed by atoms with Crippen LogP contribution in [0, 0.1) is 5.92 Å². The zero-order valence-electron chi connectivity index (χ0n) is 8.32. The van der Waals surface area contributed by atoms with Gasteiger partial charge < -0.3 is 4.74 Å². The summed E-state index contributed by atoms with van der Waals surface area (Å²) in [4.78, 5) is 13.7. The summed E-state index contributed by atoms with van der Waals surface area (Å²) >= 11 is 0. The van der Waals surface area contributed by atoms with Crippen LogP contribution in [0.15, 0.2) is 0 Å². The molecule has 0 spiro atoms. The first-order valence-corrected chi connectivity index (χ1v) is 5.06. The average molecular weight is 183 g/mol. The molecule has 74 valence electrons. The van der Waals surface area contributed by atoms with E-state index in [0.717, 1.165) is 18.9 Å². The van der Waals surface area contributed by atoms with Crippen molar-refractivity contribution in [3.63, 3.8) is 0 Å². The van der Waals surface area contributed by atoms with Gasteiger partial charge in [0.25, 0.3) is 0 Å². The van der Waals surface area contributed by atoms with Crippen molar-refractivity contribution in [3.05, 3.63) is 0 Å². The summed E-state index contributed by atoms with van der Waals surface area (Å²) in [5.74, 6) is 0.703. The highest BCUT2D eigenvalue weighted by Gasteiger charge is 2.43. The molecule has 2 unspecified atom stereocenters. The highest BCUT2D eigenvalue weighted by molar-refractivity contribution is 5.76. The second kappa shape index (κ2) is 3.29. The van der Waals surface area contributed by atoms with Crippen LogP contribution in [-0.2, 0) is 9.53 Å². The fourth-order valence-electron chi connectivity index (χ4n) is 2.75. The second-order valence-electron chi connectivity index (χ2n) is 4.31. The van der Waals surface area contributed by atoms with Crippen LogP contribution in [0.4, 0.5) is 0 Å². The molecule has 2 rings (SSSR count). The van der Waals surface area contributed by atoms with E-state index in [1.165, 1.54) is 20.0 Å². The predicted octanol–water partition coefficient (Wildman–Crippen LogP) is 1.03. The Labute approximate surface area is 79.0 Å². The van der Waals surface area contributed by atoms with Gasteiger partial charge in [-0.05, 0) is 25.2 Å². The molecule has 3 nitrogen and oxygen atoms in total. The molecular formula is C10H17NO2. The van der Waals surface area contributed by atoms with Crippen LogP contribution in [-0.4, -0.2) is 36.6 Å². The normalized spacial score (nSPS) is 39.1. The van der Waals surface area contributed by atoms with Crippen LogP contribution in [0.3, 0.4) is 0 Å². The number of carbonyl (C=O) groups is 1. The lowest BCUT2D eigenvalue weighted by Gasteiger charge is -2.21. The smallest absolute Gasteiger partial charge is 0.323 e. The standard InChI is InChI=1S/C10H17NO2/c1-7-5-8-3-4-9(10(12)13-2)11(8)6-7/h7-9H,3-6H2,1-2H3/t7?,8?,9-/m1/s1. The minimum Gasteiger partial charge on any atom is -0.468 e. The maximum absolute atomic E-state index is 11.4. The number of esters is 1. The first-order chi connectivity index (χ1) is 6.22. The molecule has 2 fully saturated rings. The van der Waals surface area contributed by atoms with Gasteiger partial charge >= 0.3 is 5.97 Å². The topological polar surface area (TPSA) is 29.5 Å². The first kappa shape index (κ1) is 9.00. The molecule has 3 heteroatoms. The van der Waals surface area contributed by atoms with Crippen LogP contribution in [0.1, 0.15) is 26.2 Å². The summed E-state index contributed by atoms with van der Waals surface area (Å²) in [6.07, 6.45) is 3.42. The van der Waals surface area contributed by atoms with Crippen molar-refractivity contribution in [2.45, 2.75) is 38.3 Å². The number of hydrogen-bond donors (Lipinski definition) is 0. The Hall–Kier alpha value is -0.570. The molecule has 0 saturated carbocycles. The predicted molar refractivity (Wildman–Crippen MR) is 49.3 cm³/mol. The van der Waals surface area contributed by atoms with Gasteiger partial charge in [-0.15, -0.1) is 0 Å². The van der Waals surface area contributed by atoms with E-state index < -0.39 is 0 Å².